The van der Waals surface area contributed by atoms with Crippen LogP contribution < -0.4 is 0 Å². The third-order valence-corrected chi connectivity index (χ3v) is 4.07. The highest BCUT2D eigenvalue weighted by atomic mass is 79.9. The van der Waals surface area contributed by atoms with Gasteiger partial charge in [0.05, 0.1) is 16.8 Å². The molecular formula is C17H12BrF2N. The quantitative estimate of drug-likeness (QED) is 0.567. The number of benzene rings is 2. The largest absolute Gasteiger partial charge is 0.247 e. The highest BCUT2D eigenvalue weighted by Gasteiger charge is 2.17. The summed E-state index contributed by atoms with van der Waals surface area (Å²) in [4.78, 5) is 4.53. The predicted molar refractivity (Wildman–Crippen MR) is 84.5 cm³/mol. The molecule has 0 bridgehead atoms. The topological polar surface area (TPSA) is 12.9 Å². The molecule has 0 fully saturated rings. The minimum absolute atomic E-state index is 0.0721. The van der Waals surface area contributed by atoms with E-state index in [1.165, 1.54) is 18.2 Å². The average molecular weight is 348 g/mol. The van der Waals surface area contributed by atoms with Crippen molar-refractivity contribution in [2.45, 2.75) is 12.3 Å². The summed E-state index contributed by atoms with van der Waals surface area (Å²) in [6.45, 7) is 1.94. The first kappa shape index (κ1) is 14.1. The lowest BCUT2D eigenvalue weighted by molar-refractivity contribution is 0.588. The number of hydrogen-bond donors (Lipinski definition) is 0. The van der Waals surface area contributed by atoms with Gasteiger partial charge in [0, 0.05) is 10.7 Å². The molecule has 0 amide bonds. The minimum atomic E-state index is -0.599. The molecule has 0 saturated carbocycles. The van der Waals surface area contributed by atoms with E-state index in [1.807, 2.05) is 31.2 Å². The van der Waals surface area contributed by atoms with Crippen molar-refractivity contribution in [3.8, 4) is 11.3 Å². The summed E-state index contributed by atoms with van der Waals surface area (Å²) >= 11 is 3.37. The fraction of sp³-hybridized carbons (Fsp3) is 0.118. The molecule has 0 aliphatic carbocycles. The van der Waals surface area contributed by atoms with Crippen LogP contribution in [0.1, 0.15) is 11.1 Å². The summed E-state index contributed by atoms with van der Waals surface area (Å²) in [6, 6.07) is 11.6. The lowest BCUT2D eigenvalue weighted by atomic mass is 10.0. The van der Waals surface area contributed by atoms with Gasteiger partial charge in [0.15, 0.2) is 0 Å². The van der Waals surface area contributed by atoms with E-state index in [2.05, 4.69) is 20.9 Å². The maximum absolute atomic E-state index is 14.1. The van der Waals surface area contributed by atoms with Crippen LogP contribution in [0.4, 0.5) is 8.78 Å². The first-order valence-corrected chi connectivity index (χ1v) is 7.63. The van der Waals surface area contributed by atoms with Gasteiger partial charge >= 0.3 is 0 Å². The Hall–Kier alpha value is -1.81. The number of fused-ring (bicyclic) bond motifs is 1. The molecule has 0 aliphatic heterocycles. The number of pyridine rings is 1. The Bertz CT molecular complexity index is 810. The second-order valence-corrected chi connectivity index (χ2v) is 5.43. The number of nitrogens with zero attached hydrogens (tertiary/aromatic N) is 1. The number of aryl methyl sites for hydroxylation is 1. The zero-order valence-electron chi connectivity index (χ0n) is 11.3. The molecule has 21 heavy (non-hydrogen) atoms. The summed E-state index contributed by atoms with van der Waals surface area (Å²) in [5.74, 6) is -1.20. The molecular weight excluding hydrogens is 336 g/mol. The molecule has 0 radical (unpaired) electrons. The lowest BCUT2D eigenvalue weighted by Gasteiger charge is -2.12. The van der Waals surface area contributed by atoms with Gasteiger partial charge in [-0.15, -0.1) is 0 Å². The van der Waals surface area contributed by atoms with Gasteiger partial charge in [-0.05, 0) is 36.2 Å². The number of halogens is 3. The Morgan fingerprint density at radius 3 is 2.38 bits per heavy atom. The van der Waals surface area contributed by atoms with Crippen molar-refractivity contribution in [3.63, 3.8) is 0 Å². The molecule has 2 aromatic carbocycles. The normalized spacial score (nSPS) is 11.0. The molecule has 3 rings (SSSR count). The van der Waals surface area contributed by atoms with Crippen LogP contribution in [0.2, 0.25) is 0 Å². The first-order valence-electron chi connectivity index (χ1n) is 6.51. The zero-order valence-corrected chi connectivity index (χ0v) is 12.9. The van der Waals surface area contributed by atoms with Crippen molar-refractivity contribution in [2.24, 2.45) is 0 Å². The van der Waals surface area contributed by atoms with E-state index < -0.39 is 11.6 Å². The highest BCUT2D eigenvalue weighted by molar-refractivity contribution is 9.08. The monoisotopic (exact) mass is 347 g/mol. The standard InChI is InChI=1S/C17H12BrF2N/c1-10-4-2-5-11-8-12(9-18)17(21-16(10)11)15-13(19)6-3-7-14(15)20/h2-8H,9H2,1H3. The zero-order chi connectivity index (χ0) is 15.0. The van der Waals surface area contributed by atoms with Gasteiger partial charge < -0.3 is 0 Å². The van der Waals surface area contributed by atoms with E-state index in [0.29, 0.717) is 11.0 Å². The SMILES string of the molecule is Cc1cccc2cc(CBr)c(-c3c(F)cccc3F)nc12. The van der Waals surface area contributed by atoms with Gasteiger partial charge in [0.25, 0.3) is 0 Å². The first-order chi connectivity index (χ1) is 10.1. The molecule has 1 aromatic heterocycles. The van der Waals surface area contributed by atoms with E-state index in [4.69, 9.17) is 0 Å². The Morgan fingerprint density at radius 1 is 1.05 bits per heavy atom. The van der Waals surface area contributed by atoms with Crippen LogP contribution in [-0.2, 0) is 5.33 Å². The molecule has 0 aliphatic rings. The Kier molecular flexibility index (Phi) is 3.72. The second kappa shape index (κ2) is 5.53. The Morgan fingerprint density at radius 2 is 1.71 bits per heavy atom. The van der Waals surface area contributed by atoms with Gasteiger partial charge in [-0.25, -0.2) is 13.8 Å². The smallest absolute Gasteiger partial charge is 0.135 e. The van der Waals surface area contributed by atoms with Crippen LogP contribution in [0.25, 0.3) is 22.2 Å². The summed E-state index contributed by atoms with van der Waals surface area (Å²) < 4.78 is 28.1. The molecule has 3 aromatic rings. The number of hydrogen-bond acceptors (Lipinski definition) is 1. The highest BCUT2D eigenvalue weighted by Crippen LogP contribution is 2.31. The van der Waals surface area contributed by atoms with Crippen LogP contribution in [0.3, 0.4) is 0 Å². The minimum Gasteiger partial charge on any atom is -0.247 e. The molecule has 0 unspecified atom stereocenters. The number of aromatic nitrogens is 1. The van der Waals surface area contributed by atoms with E-state index >= 15 is 0 Å². The molecule has 1 nitrogen and oxygen atoms in total. The van der Waals surface area contributed by atoms with Gasteiger partial charge in [0.2, 0.25) is 0 Å². The van der Waals surface area contributed by atoms with Crippen LogP contribution in [-0.4, -0.2) is 4.98 Å². The lowest BCUT2D eigenvalue weighted by Crippen LogP contribution is -1.98. The van der Waals surface area contributed by atoms with Crippen molar-refractivity contribution < 1.29 is 8.78 Å². The molecule has 0 saturated heterocycles. The molecule has 106 valence electrons. The van der Waals surface area contributed by atoms with Crippen LogP contribution in [0.15, 0.2) is 42.5 Å². The van der Waals surface area contributed by atoms with E-state index in [9.17, 15) is 8.78 Å². The van der Waals surface area contributed by atoms with Crippen molar-refractivity contribution in [3.05, 3.63) is 65.2 Å². The van der Waals surface area contributed by atoms with Crippen LogP contribution in [0, 0.1) is 18.6 Å². The molecule has 0 spiro atoms. The third-order valence-electron chi connectivity index (χ3n) is 3.47. The summed E-state index contributed by atoms with van der Waals surface area (Å²) in [6.07, 6.45) is 0. The summed E-state index contributed by atoms with van der Waals surface area (Å²) in [5, 5.41) is 1.44. The van der Waals surface area contributed by atoms with Crippen molar-refractivity contribution in [1.29, 1.82) is 0 Å². The van der Waals surface area contributed by atoms with Crippen molar-refractivity contribution >= 4 is 26.8 Å². The molecule has 0 N–H and O–H groups in total. The fourth-order valence-corrected chi connectivity index (χ4v) is 2.86. The molecule has 1 heterocycles. The number of alkyl halides is 1. The predicted octanol–water partition coefficient (Wildman–Crippen LogP) is 5.38. The van der Waals surface area contributed by atoms with Crippen molar-refractivity contribution in [2.75, 3.05) is 0 Å². The van der Waals surface area contributed by atoms with Crippen molar-refractivity contribution in [1.82, 2.24) is 4.98 Å². The molecule has 4 heteroatoms. The number of para-hydroxylation sites is 1. The number of rotatable bonds is 2. The van der Waals surface area contributed by atoms with Crippen LogP contribution in [0.5, 0.6) is 0 Å². The average Bonchev–Trinajstić information content (AvgIpc) is 2.47. The van der Waals surface area contributed by atoms with Gasteiger partial charge in [-0.1, -0.05) is 40.2 Å². The van der Waals surface area contributed by atoms with E-state index in [0.717, 1.165) is 22.0 Å². The van der Waals surface area contributed by atoms with Gasteiger partial charge in [-0.2, -0.15) is 0 Å². The van der Waals surface area contributed by atoms with Crippen LogP contribution >= 0.6 is 15.9 Å². The maximum Gasteiger partial charge on any atom is 0.135 e. The summed E-state index contributed by atoms with van der Waals surface area (Å²) in [7, 11) is 0. The maximum atomic E-state index is 14.1. The second-order valence-electron chi connectivity index (χ2n) is 4.87. The van der Waals surface area contributed by atoms with Gasteiger partial charge in [-0.3, -0.25) is 0 Å². The third kappa shape index (κ3) is 2.44. The summed E-state index contributed by atoms with van der Waals surface area (Å²) in [5.41, 5.74) is 2.78. The van der Waals surface area contributed by atoms with E-state index in [-0.39, 0.29) is 5.56 Å². The molecule has 0 atom stereocenters. The van der Waals surface area contributed by atoms with E-state index in [1.54, 1.807) is 0 Å². The van der Waals surface area contributed by atoms with Gasteiger partial charge in [0.1, 0.15) is 11.6 Å². The Balaban J connectivity index is 2.38. The Labute approximate surface area is 129 Å². The fourth-order valence-electron chi connectivity index (χ4n) is 2.43.